The molecular formula is C21H22O5. The Balaban J connectivity index is 1.64. The summed E-state index contributed by atoms with van der Waals surface area (Å²) < 4.78 is 12.2. The van der Waals surface area contributed by atoms with Crippen molar-refractivity contribution in [2.24, 2.45) is 35.0 Å². The summed E-state index contributed by atoms with van der Waals surface area (Å²) in [6.45, 7) is 2.86. The largest absolute Gasteiger partial charge is 0.457 e. The highest BCUT2D eigenvalue weighted by molar-refractivity contribution is 6.21. The van der Waals surface area contributed by atoms with Gasteiger partial charge in [-0.25, -0.2) is 0 Å². The van der Waals surface area contributed by atoms with Gasteiger partial charge < -0.3 is 9.47 Å². The maximum atomic E-state index is 12.9. The molecule has 0 radical (unpaired) electrons. The Hall–Kier alpha value is -1.75. The van der Waals surface area contributed by atoms with Crippen molar-refractivity contribution in [2.45, 2.75) is 44.8 Å². The Morgan fingerprint density at radius 2 is 1.81 bits per heavy atom. The molecule has 0 N–H and O–H groups in total. The normalized spacial score (nSPS) is 51.1. The number of ketones is 2. The van der Waals surface area contributed by atoms with Crippen molar-refractivity contribution in [3.05, 3.63) is 23.3 Å². The van der Waals surface area contributed by atoms with Gasteiger partial charge in [-0.05, 0) is 55.6 Å². The van der Waals surface area contributed by atoms with Gasteiger partial charge in [-0.3, -0.25) is 14.4 Å². The molecule has 4 aliphatic carbocycles. The summed E-state index contributed by atoms with van der Waals surface area (Å²) in [6, 6.07) is 0. The fourth-order valence-electron chi connectivity index (χ4n) is 7.51. The van der Waals surface area contributed by atoms with Crippen molar-refractivity contribution in [1.82, 2.24) is 0 Å². The number of hydrogen-bond acceptors (Lipinski definition) is 5. The van der Waals surface area contributed by atoms with Gasteiger partial charge >= 0.3 is 5.97 Å². The lowest BCUT2D eigenvalue weighted by Crippen LogP contribution is -2.59. The minimum absolute atomic E-state index is 0.0175. The van der Waals surface area contributed by atoms with Crippen LogP contribution in [0.2, 0.25) is 0 Å². The molecule has 0 aromatic heterocycles. The standard InChI is InChI=1S/C21H22O5/c1-9-8-25-19-16-14(23)5-4-13(22)15(16)18-17-11(20(24)26-18)2-3-12-10(9)6-7-21(12,17)19/h4-5,9-12,17-19H,2-3,6-8H2,1H3/t9-,10?,11-,12+,17-,18-,19-,21-/m0/s1. The first-order valence-corrected chi connectivity index (χ1v) is 9.87. The van der Waals surface area contributed by atoms with E-state index in [0.29, 0.717) is 35.5 Å². The molecule has 5 heteroatoms. The lowest BCUT2D eigenvalue weighted by molar-refractivity contribution is -0.143. The van der Waals surface area contributed by atoms with E-state index in [0.717, 1.165) is 25.7 Å². The molecule has 2 heterocycles. The van der Waals surface area contributed by atoms with Gasteiger partial charge in [-0.15, -0.1) is 0 Å². The third kappa shape index (κ3) is 1.52. The molecule has 6 rings (SSSR count). The molecule has 4 fully saturated rings. The number of esters is 1. The zero-order valence-corrected chi connectivity index (χ0v) is 14.8. The van der Waals surface area contributed by atoms with E-state index in [1.807, 2.05) is 0 Å². The lowest BCUT2D eigenvalue weighted by atomic mass is 9.48. The van der Waals surface area contributed by atoms with E-state index in [1.54, 1.807) is 0 Å². The van der Waals surface area contributed by atoms with Crippen molar-refractivity contribution in [3.8, 4) is 0 Å². The zero-order valence-electron chi connectivity index (χ0n) is 14.8. The predicted molar refractivity (Wildman–Crippen MR) is 89.8 cm³/mol. The van der Waals surface area contributed by atoms with Crippen molar-refractivity contribution >= 4 is 17.5 Å². The van der Waals surface area contributed by atoms with E-state index in [1.165, 1.54) is 12.2 Å². The van der Waals surface area contributed by atoms with Crippen molar-refractivity contribution in [3.63, 3.8) is 0 Å². The Bertz CT molecular complexity index is 822. The zero-order chi connectivity index (χ0) is 17.8. The first-order chi connectivity index (χ1) is 12.5. The van der Waals surface area contributed by atoms with Crippen LogP contribution in [0.4, 0.5) is 0 Å². The summed E-state index contributed by atoms with van der Waals surface area (Å²) in [5.74, 6) is 0.775. The summed E-state index contributed by atoms with van der Waals surface area (Å²) in [6.07, 6.45) is 5.70. The second kappa shape index (κ2) is 4.75. The fraction of sp³-hybridized carbons (Fsp3) is 0.667. The summed E-state index contributed by atoms with van der Waals surface area (Å²) in [5.41, 5.74) is 0.677. The average molecular weight is 354 g/mol. The van der Waals surface area contributed by atoms with Crippen LogP contribution in [0.1, 0.15) is 32.6 Å². The van der Waals surface area contributed by atoms with Crippen LogP contribution < -0.4 is 0 Å². The molecule has 2 bridgehead atoms. The summed E-state index contributed by atoms with van der Waals surface area (Å²) in [5, 5.41) is 0. The van der Waals surface area contributed by atoms with Crippen LogP contribution >= 0.6 is 0 Å². The number of carbonyl (C=O) groups excluding carboxylic acids is 3. The Morgan fingerprint density at radius 3 is 2.62 bits per heavy atom. The summed E-state index contributed by atoms with van der Waals surface area (Å²) in [4.78, 5) is 38.2. The number of ether oxygens (including phenoxy) is 2. The number of carbonyl (C=O) groups is 3. The van der Waals surface area contributed by atoms with E-state index in [-0.39, 0.29) is 40.9 Å². The number of allylic oxidation sites excluding steroid dienone is 2. The van der Waals surface area contributed by atoms with E-state index >= 15 is 0 Å². The third-order valence-electron chi connectivity index (χ3n) is 8.33. The Labute approximate surface area is 151 Å². The highest BCUT2D eigenvalue weighted by atomic mass is 16.6. The van der Waals surface area contributed by atoms with Crippen molar-refractivity contribution in [1.29, 1.82) is 0 Å². The Kier molecular flexibility index (Phi) is 2.80. The monoisotopic (exact) mass is 354 g/mol. The van der Waals surface area contributed by atoms with E-state index in [9.17, 15) is 14.4 Å². The second-order valence-electron chi connectivity index (χ2n) is 9.07. The smallest absolute Gasteiger partial charge is 0.310 e. The van der Waals surface area contributed by atoms with Gasteiger partial charge in [-0.2, -0.15) is 0 Å². The van der Waals surface area contributed by atoms with Crippen molar-refractivity contribution in [2.75, 3.05) is 6.61 Å². The van der Waals surface area contributed by atoms with Crippen LogP contribution in [-0.2, 0) is 23.9 Å². The topological polar surface area (TPSA) is 69.7 Å². The molecule has 2 aliphatic heterocycles. The van der Waals surface area contributed by atoms with Crippen LogP contribution in [0.15, 0.2) is 23.3 Å². The average Bonchev–Trinajstić information content (AvgIpc) is 3.13. The van der Waals surface area contributed by atoms with Crippen LogP contribution in [0.5, 0.6) is 0 Å². The number of fused-ring (bicyclic) bond motifs is 2. The van der Waals surface area contributed by atoms with Gasteiger partial charge in [0.15, 0.2) is 11.6 Å². The molecule has 8 atom stereocenters. The number of rotatable bonds is 0. The Morgan fingerprint density at radius 1 is 1.04 bits per heavy atom. The molecular weight excluding hydrogens is 332 g/mol. The second-order valence-corrected chi connectivity index (χ2v) is 9.07. The maximum Gasteiger partial charge on any atom is 0.310 e. The molecule has 0 aromatic rings. The summed E-state index contributed by atoms with van der Waals surface area (Å²) in [7, 11) is 0. The minimum atomic E-state index is -0.557. The van der Waals surface area contributed by atoms with Gasteiger partial charge in [0.2, 0.25) is 0 Å². The molecule has 1 unspecified atom stereocenters. The molecule has 2 saturated carbocycles. The summed E-state index contributed by atoms with van der Waals surface area (Å²) >= 11 is 0. The molecule has 0 aromatic carbocycles. The van der Waals surface area contributed by atoms with Crippen LogP contribution in [-0.4, -0.2) is 36.4 Å². The third-order valence-corrected chi connectivity index (χ3v) is 8.33. The first kappa shape index (κ1) is 15.3. The van der Waals surface area contributed by atoms with Gasteiger partial charge in [-0.1, -0.05) is 6.92 Å². The van der Waals surface area contributed by atoms with Crippen LogP contribution in [0, 0.1) is 35.0 Å². The lowest BCUT2D eigenvalue weighted by Gasteiger charge is -2.55. The molecule has 26 heavy (non-hydrogen) atoms. The predicted octanol–water partition coefficient (Wildman–Crippen LogP) is 2.00. The van der Waals surface area contributed by atoms with E-state index < -0.39 is 6.10 Å². The van der Waals surface area contributed by atoms with Gasteiger partial charge in [0.1, 0.15) is 6.10 Å². The minimum Gasteiger partial charge on any atom is -0.457 e. The maximum absolute atomic E-state index is 12.9. The van der Waals surface area contributed by atoms with Crippen LogP contribution in [0.3, 0.4) is 0 Å². The number of hydrogen-bond donors (Lipinski definition) is 0. The molecule has 1 spiro atoms. The molecule has 5 nitrogen and oxygen atoms in total. The van der Waals surface area contributed by atoms with Crippen LogP contribution in [0.25, 0.3) is 0 Å². The van der Waals surface area contributed by atoms with Crippen molar-refractivity contribution < 1.29 is 23.9 Å². The molecule has 136 valence electrons. The fourth-order valence-corrected chi connectivity index (χ4v) is 7.51. The van der Waals surface area contributed by atoms with Gasteiger partial charge in [0.05, 0.1) is 18.6 Å². The molecule has 2 saturated heterocycles. The van der Waals surface area contributed by atoms with E-state index in [2.05, 4.69) is 6.92 Å². The highest BCUT2D eigenvalue weighted by Gasteiger charge is 2.72. The molecule has 6 aliphatic rings. The quantitative estimate of drug-likeness (QED) is 0.492. The van der Waals surface area contributed by atoms with E-state index in [4.69, 9.17) is 9.47 Å². The SMILES string of the molecule is C[C@H]1CO[C@H]2C3=C(C(=O)C=CC3=O)[C@@H]3OC(=O)[C@H]4CC[C@@H]5C1CC[C@@]52[C@@H]43. The van der Waals surface area contributed by atoms with Gasteiger partial charge in [0.25, 0.3) is 0 Å². The highest BCUT2D eigenvalue weighted by Crippen LogP contribution is 2.70. The first-order valence-electron chi connectivity index (χ1n) is 9.87. The molecule has 0 amide bonds. The van der Waals surface area contributed by atoms with Gasteiger partial charge in [0, 0.05) is 22.5 Å².